The number of aromatic nitrogens is 1. The topological polar surface area (TPSA) is 84.2 Å². The van der Waals surface area contributed by atoms with E-state index in [1.165, 1.54) is 0 Å². The minimum absolute atomic E-state index is 0.0353. The molecule has 0 spiro atoms. The second kappa shape index (κ2) is 9.49. The van der Waals surface area contributed by atoms with Gasteiger partial charge in [0.2, 0.25) is 5.91 Å². The lowest BCUT2D eigenvalue weighted by atomic mass is 10.1. The monoisotopic (exact) mass is 485 g/mol. The average Bonchev–Trinajstić information content (AvgIpc) is 3.19. The summed E-state index contributed by atoms with van der Waals surface area (Å²) in [4.78, 5) is 25.2. The Morgan fingerprint density at radius 2 is 1.97 bits per heavy atom. The van der Waals surface area contributed by atoms with Gasteiger partial charge in [0.15, 0.2) is 11.5 Å². The molecule has 154 valence electrons. The minimum atomic E-state index is -0.323. The van der Waals surface area contributed by atoms with Crippen LogP contribution in [0.25, 0.3) is 11.3 Å². The number of benzene rings is 2. The summed E-state index contributed by atoms with van der Waals surface area (Å²) >= 11 is 5.04. The molecule has 4 rings (SSSR count). The van der Waals surface area contributed by atoms with Crippen LogP contribution in [0.5, 0.6) is 0 Å². The van der Waals surface area contributed by atoms with E-state index in [-0.39, 0.29) is 28.8 Å². The first-order valence-corrected chi connectivity index (χ1v) is 11.4. The van der Waals surface area contributed by atoms with Gasteiger partial charge in [-0.25, -0.2) is 0 Å². The lowest BCUT2D eigenvalue weighted by Crippen LogP contribution is -2.43. The Labute approximate surface area is 186 Å². The molecule has 0 bridgehead atoms. The van der Waals surface area contributed by atoms with Crippen molar-refractivity contribution in [1.29, 1.82) is 0 Å². The molecule has 2 atom stereocenters. The molecule has 8 heteroatoms. The van der Waals surface area contributed by atoms with Crippen LogP contribution in [-0.2, 0) is 4.79 Å². The van der Waals surface area contributed by atoms with Crippen LogP contribution in [0.4, 0.5) is 0 Å². The van der Waals surface area contributed by atoms with Crippen LogP contribution in [0.1, 0.15) is 27.7 Å². The van der Waals surface area contributed by atoms with Crippen LogP contribution < -0.4 is 10.6 Å². The Kier molecular flexibility index (Phi) is 6.54. The van der Waals surface area contributed by atoms with E-state index in [1.807, 2.05) is 54.6 Å². The lowest BCUT2D eigenvalue weighted by Gasteiger charge is -2.17. The zero-order chi connectivity index (χ0) is 20.9. The van der Waals surface area contributed by atoms with Crippen LogP contribution in [0.2, 0.25) is 0 Å². The number of rotatable bonds is 5. The molecule has 0 radical (unpaired) electrons. The number of carbonyl (C=O) groups excluding carboxylic acids is 2. The van der Waals surface area contributed by atoms with Gasteiger partial charge in [-0.2, -0.15) is 0 Å². The molecule has 0 aliphatic carbocycles. The predicted molar refractivity (Wildman–Crippen MR) is 120 cm³/mol. The maximum absolute atomic E-state index is 12.7. The maximum Gasteiger partial charge on any atom is 0.273 e. The average molecular weight is 486 g/mol. The third kappa shape index (κ3) is 4.94. The normalized spacial score (nSPS) is 19.0. The fourth-order valence-electron chi connectivity index (χ4n) is 3.22. The number of thioether (sulfide) groups is 1. The molecule has 1 saturated heterocycles. The first-order chi connectivity index (χ1) is 14.6. The van der Waals surface area contributed by atoms with E-state index in [9.17, 15) is 9.59 Å². The van der Waals surface area contributed by atoms with Crippen molar-refractivity contribution in [2.45, 2.75) is 17.7 Å². The molecule has 1 aliphatic rings. The zero-order valence-electron chi connectivity index (χ0n) is 16.0. The quantitative estimate of drug-likeness (QED) is 0.565. The SMILES string of the molecule is O=C(NC[C@@H]1CCS[C@H](c2ccc(Br)cc2)C(=O)N1)c1cc(-c2ccccc2)on1. The number of nitrogens with one attached hydrogen (secondary N) is 2. The third-order valence-corrected chi connectivity index (χ3v) is 6.64. The number of carbonyl (C=O) groups is 2. The Morgan fingerprint density at radius 3 is 2.73 bits per heavy atom. The van der Waals surface area contributed by atoms with E-state index in [0.717, 1.165) is 27.8 Å². The summed E-state index contributed by atoms with van der Waals surface area (Å²) in [5.74, 6) is 1.00. The summed E-state index contributed by atoms with van der Waals surface area (Å²) in [7, 11) is 0. The Hall–Kier alpha value is -2.58. The van der Waals surface area contributed by atoms with Gasteiger partial charge >= 0.3 is 0 Å². The lowest BCUT2D eigenvalue weighted by molar-refractivity contribution is -0.121. The molecular formula is C22H20BrN3O3S. The van der Waals surface area contributed by atoms with E-state index in [4.69, 9.17) is 4.52 Å². The summed E-state index contributed by atoms with van der Waals surface area (Å²) < 4.78 is 6.27. The van der Waals surface area contributed by atoms with Crippen molar-refractivity contribution in [2.24, 2.45) is 0 Å². The molecule has 1 fully saturated rings. The highest BCUT2D eigenvalue weighted by Crippen LogP contribution is 2.32. The Bertz CT molecular complexity index is 1020. The summed E-state index contributed by atoms with van der Waals surface area (Å²) in [6.07, 6.45) is 0.776. The van der Waals surface area contributed by atoms with Crippen molar-refractivity contribution < 1.29 is 14.1 Å². The van der Waals surface area contributed by atoms with Crippen molar-refractivity contribution >= 4 is 39.5 Å². The Morgan fingerprint density at radius 1 is 1.20 bits per heavy atom. The molecule has 0 unspecified atom stereocenters. The second-order valence-electron chi connectivity index (χ2n) is 6.95. The highest BCUT2D eigenvalue weighted by Gasteiger charge is 2.27. The van der Waals surface area contributed by atoms with Gasteiger partial charge in [0, 0.05) is 28.7 Å². The number of hydrogen-bond acceptors (Lipinski definition) is 5. The summed E-state index contributed by atoms with van der Waals surface area (Å²) in [5, 5.41) is 9.52. The number of amides is 2. The fraction of sp³-hybridized carbons (Fsp3) is 0.227. The molecule has 30 heavy (non-hydrogen) atoms. The standard InChI is InChI=1S/C22H20BrN3O3S/c23-16-8-6-15(7-9-16)20-22(28)25-17(10-11-30-20)13-24-21(27)18-12-19(29-26-18)14-4-2-1-3-5-14/h1-9,12,17,20H,10-11,13H2,(H,24,27)(H,25,28)/t17-,20+/m0/s1. The predicted octanol–water partition coefficient (Wildman–Crippen LogP) is 4.20. The largest absolute Gasteiger partial charge is 0.355 e. The number of halogens is 1. The number of nitrogens with zero attached hydrogens (tertiary/aromatic N) is 1. The highest BCUT2D eigenvalue weighted by molar-refractivity contribution is 9.10. The fourth-order valence-corrected chi connectivity index (χ4v) is 4.71. The van der Waals surface area contributed by atoms with E-state index in [0.29, 0.717) is 12.3 Å². The summed E-state index contributed by atoms with van der Waals surface area (Å²) in [6, 6.07) is 18.8. The molecule has 3 aromatic rings. The maximum atomic E-state index is 12.7. The molecule has 2 N–H and O–H groups in total. The molecule has 1 aromatic heterocycles. The van der Waals surface area contributed by atoms with Gasteiger partial charge in [0.1, 0.15) is 5.25 Å². The van der Waals surface area contributed by atoms with E-state index in [2.05, 4.69) is 31.7 Å². The van der Waals surface area contributed by atoms with Crippen molar-refractivity contribution in [2.75, 3.05) is 12.3 Å². The van der Waals surface area contributed by atoms with E-state index in [1.54, 1.807) is 17.8 Å². The molecule has 2 aromatic carbocycles. The Balaban J connectivity index is 1.34. The molecule has 2 heterocycles. The molecule has 6 nitrogen and oxygen atoms in total. The van der Waals surface area contributed by atoms with Gasteiger partial charge < -0.3 is 15.2 Å². The van der Waals surface area contributed by atoms with Gasteiger partial charge in [-0.05, 0) is 29.9 Å². The van der Waals surface area contributed by atoms with Crippen molar-refractivity contribution in [1.82, 2.24) is 15.8 Å². The van der Waals surface area contributed by atoms with Crippen LogP contribution >= 0.6 is 27.7 Å². The van der Waals surface area contributed by atoms with Gasteiger partial charge in [-0.15, -0.1) is 11.8 Å². The third-order valence-electron chi connectivity index (χ3n) is 4.82. The molecule has 0 saturated carbocycles. The van der Waals surface area contributed by atoms with Crippen molar-refractivity contribution in [3.63, 3.8) is 0 Å². The van der Waals surface area contributed by atoms with Crippen molar-refractivity contribution in [3.8, 4) is 11.3 Å². The van der Waals surface area contributed by atoms with E-state index >= 15 is 0 Å². The van der Waals surface area contributed by atoms with Crippen LogP contribution in [0, 0.1) is 0 Å². The second-order valence-corrected chi connectivity index (χ2v) is 9.08. The smallest absolute Gasteiger partial charge is 0.273 e. The zero-order valence-corrected chi connectivity index (χ0v) is 18.4. The van der Waals surface area contributed by atoms with Gasteiger partial charge in [-0.3, -0.25) is 9.59 Å². The summed E-state index contributed by atoms with van der Waals surface area (Å²) in [6.45, 7) is 0.339. The van der Waals surface area contributed by atoms with Crippen LogP contribution in [0.3, 0.4) is 0 Å². The molecule has 1 aliphatic heterocycles. The van der Waals surface area contributed by atoms with Crippen LogP contribution in [-0.4, -0.2) is 35.3 Å². The van der Waals surface area contributed by atoms with Crippen molar-refractivity contribution in [3.05, 3.63) is 76.4 Å². The molecule has 2 amide bonds. The highest BCUT2D eigenvalue weighted by atomic mass is 79.9. The number of hydrogen-bond donors (Lipinski definition) is 2. The van der Waals surface area contributed by atoms with E-state index < -0.39 is 0 Å². The van der Waals surface area contributed by atoms with Gasteiger partial charge in [0.05, 0.1) is 0 Å². The summed E-state index contributed by atoms with van der Waals surface area (Å²) in [5.41, 5.74) is 2.05. The minimum Gasteiger partial charge on any atom is -0.355 e. The van der Waals surface area contributed by atoms with Gasteiger partial charge in [-0.1, -0.05) is 63.6 Å². The first kappa shape index (κ1) is 20.7. The van der Waals surface area contributed by atoms with Gasteiger partial charge in [0.25, 0.3) is 5.91 Å². The van der Waals surface area contributed by atoms with Crippen LogP contribution in [0.15, 0.2) is 69.7 Å². The molecular weight excluding hydrogens is 466 g/mol. The first-order valence-electron chi connectivity index (χ1n) is 9.58.